The highest BCUT2D eigenvalue weighted by atomic mass is 35.5. The molecular formula is C33H28ClN3O6. The number of nitrogens with zero attached hydrogens (tertiary/aromatic N) is 1. The number of para-hydroxylation sites is 2. The van der Waals surface area contributed by atoms with Crippen LogP contribution >= 0.6 is 11.6 Å². The van der Waals surface area contributed by atoms with Crippen LogP contribution < -0.4 is 10.1 Å². The number of halogens is 1. The number of aromatic amines is 1. The molecule has 1 unspecified atom stereocenters. The molecule has 43 heavy (non-hydrogen) atoms. The van der Waals surface area contributed by atoms with E-state index in [1.54, 1.807) is 19.1 Å². The molecule has 6 rings (SSSR count). The first-order valence-electron chi connectivity index (χ1n) is 13.7. The van der Waals surface area contributed by atoms with Gasteiger partial charge in [0.05, 0.1) is 28.2 Å². The van der Waals surface area contributed by atoms with Gasteiger partial charge < -0.3 is 25.3 Å². The van der Waals surface area contributed by atoms with Crippen LogP contribution in [0, 0.1) is 6.92 Å². The number of carbonyl (C=O) groups excluding carboxylic acids is 3. The van der Waals surface area contributed by atoms with E-state index in [4.69, 9.17) is 21.3 Å². The van der Waals surface area contributed by atoms with Gasteiger partial charge in [-0.15, -0.1) is 0 Å². The molecule has 4 aromatic rings. The third-order valence-electron chi connectivity index (χ3n) is 8.26. The largest absolute Gasteiger partial charge is 0.507 e. The van der Waals surface area contributed by atoms with Crippen LogP contribution in [0.15, 0.2) is 71.6 Å². The number of carbonyl (C=O) groups is 3. The van der Waals surface area contributed by atoms with Crippen molar-refractivity contribution in [3.05, 3.63) is 105 Å². The monoisotopic (exact) mass is 597 g/mol. The Morgan fingerprint density at radius 3 is 2.47 bits per heavy atom. The molecule has 2 heterocycles. The predicted molar refractivity (Wildman–Crippen MR) is 160 cm³/mol. The van der Waals surface area contributed by atoms with E-state index >= 15 is 0 Å². The van der Waals surface area contributed by atoms with Crippen molar-refractivity contribution in [1.29, 1.82) is 0 Å². The molecule has 2 atom stereocenters. The lowest BCUT2D eigenvalue weighted by atomic mass is 9.70. The number of hydrogen-bond acceptors (Lipinski definition) is 8. The van der Waals surface area contributed by atoms with Gasteiger partial charge in [0.2, 0.25) is 0 Å². The average Bonchev–Trinajstić information content (AvgIpc) is 3.50. The molecule has 2 aliphatic rings. The molecule has 10 heteroatoms. The molecule has 0 saturated carbocycles. The van der Waals surface area contributed by atoms with Gasteiger partial charge in [0, 0.05) is 28.8 Å². The summed E-state index contributed by atoms with van der Waals surface area (Å²) in [7, 11) is 0. The van der Waals surface area contributed by atoms with E-state index in [9.17, 15) is 24.6 Å². The van der Waals surface area contributed by atoms with E-state index in [0.717, 1.165) is 16.6 Å². The van der Waals surface area contributed by atoms with Crippen molar-refractivity contribution in [3.8, 4) is 17.2 Å². The molecule has 0 fully saturated rings. The second-order valence-electron chi connectivity index (χ2n) is 11.0. The van der Waals surface area contributed by atoms with Crippen molar-refractivity contribution in [3.63, 3.8) is 0 Å². The molecule has 1 aromatic heterocycles. The van der Waals surface area contributed by atoms with Gasteiger partial charge in [0.25, 0.3) is 0 Å². The summed E-state index contributed by atoms with van der Waals surface area (Å²) >= 11 is 6.16. The Balaban J connectivity index is 1.44. The molecule has 0 radical (unpaired) electrons. The fraction of sp³-hybridized carbons (Fsp3) is 0.212. The van der Waals surface area contributed by atoms with Gasteiger partial charge in [-0.3, -0.25) is 14.4 Å². The standard InChI is InChI=1S/C33H28ClN3O6/c1-15-29(40)27(17(3)38)31-28(30(15)41)33(4)24(43-31)14-23(39)26(32(33)42)16(2)35-22(18-9-11-19(34)12-10-18)13-25-36-20-7-5-6-8-21(20)37-25/h5-12,14,22,35,40-41H,13H2,1-4H3,(H,36,37)/b26-16+/t22?,33-/m0/s1. The van der Waals surface area contributed by atoms with Gasteiger partial charge in [0.15, 0.2) is 17.3 Å². The van der Waals surface area contributed by atoms with Crippen molar-refractivity contribution in [2.45, 2.75) is 45.6 Å². The number of H-pyrrole nitrogens is 1. The molecule has 1 aliphatic heterocycles. The third kappa shape index (κ3) is 4.39. The summed E-state index contributed by atoms with van der Waals surface area (Å²) in [6.07, 6.45) is 1.60. The highest BCUT2D eigenvalue weighted by Crippen LogP contribution is 2.57. The number of phenolic OH excluding ortho intramolecular Hbond substituents is 2. The van der Waals surface area contributed by atoms with Gasteiger partial charge in [-0.25, -0.2) is 4.98 Å². The second kappa shape index (κ2) is 10.1. The number of Topliss-reactive ketones (excluding diaryl/α,β-unsaturated/α-hetero) is 2. The Kier molecular flexibility index (Phi) is 6.65. The molecule has 9 nitrogen and oxygen atoms in total. The third-order valence-corrected chi connectivity index (χ3v) is 8.51. The number of nitrogens with one attached hydrogen (secondary N) is 2. The quantitative estimate of drug-likeness (QED) is 0.126. The summed E-state index contributed by atoms with van der Waals surface area (Å²) in [5, 5.41) is 25.6. The molecule has 1 aliphatic carbocycles. The minimum absolute atomic E-state index is 0.0200. The highest BCUT2D eigenvalue weighted by Gasteiger charge is 2.56. The van der Waals surface area contributed by atoms with Gasteiger partial charge in [-0.1, -0.05) is 35.9 Å². The van der Waals surface area contributed by atoms with Crippen molar-refractivity contribution < 1.29 is 29.3 Å². The van der Waals surface area contributed by atoms with Crippen LogP contribution in [0.4, 0.5) is 0 Å². The topological polar surface area (TPSA) is 142 Å². The maximum atomic E-state index is 14.3. The Hall–Kier alpha value is -4.89. The number of allylic oxidation sites excluding steroid dienone is 4. The number of fused-ring (bicyclic) bond motifs is 4. The van der Waals surface area contributed by atoms with Gasteiger partial charge in [0.1, 0.15) is 39.8 Å². The summed E-state index contributed by atoms with van der Waals surface area (Å²) in [5.41, 5.74) is 1.07. The van der Waals surface area contributed by atoms with Crippen LogP contribution in [0.2, 0.25) is 5.02 Å². The molecule has 0 bridgehead atoms. The number of aromatic hydroxyl groups is 2. The molecular weight excluding hydrogens is 570 g/mol. The Morgan fingerprint density at radius 2 is 1.79 bits per heavy atom. The number of ether oxygens (including phenoxy) is 1. The Labute approximate surface area is 251 Å². The van der Waals surface area contributed by atoms with Crippen LogP contribution in [0.3, 0.4) is 0 Å². The summed E-state index contributed by atoms with van der Waals surface area (Å²) in [5.74, 6) is -1.95. The fourth-order valence-corrected chi connectivity index (χ4v) is 6.06. The Morgan fingerprint density at radius 1 is 1.09 bits per heavy atom. The minimum Gasteiger partial charge on any atom is -0.507 e. The minimum atomic E-state index is -1.61. The van der Waals surface area contributed by atoms with Gasteiger partial charge in [-0.05, 0) is 57.5 Å². The van der Waals surface area contributed by atoms with E-state index in [0.29, 0.717) is 23.0 Å². The molecule has 0 amide bonds. The zero-order valence-electron chi connectivity index (χ0n) is 23.8. The summed E-state index contributed by atoms with van der Waals surface area (Å²) in [6, 6.07) is 14.5. The number of imidazole rings is 1. The average molecular weight is 598 g/mol. The number of benzene rings is 3. The van der Waals surface area contributed by atoms with E-state index in [-0.39, 0.29) is 39.5 Å². The molecule has 3 aromatic carbocycles. The zero-order valence-corrected chi connectivity index (χ0v) is 24.6. The van der Waals surface area contributed by atoms with Crippen LogP contribution in [0.25, 0.3) is 11.0 Å². The number of aromatic nitrogens is 2. The van der Waals surface area contributed by atoms with Crippen molar-refractivity contribution in [2.24, 2.45) is 0 Å². The first-order valence-corrected chi connectivity index (χ1v) is 14.0. The highest BCUT2D eigenvalue weighted by molar-refractivity contribution is 6.31. The smallest absolute Gasteiger partial charge is 0.194 e. The number of rotatable bonds is 6. The van der Waals surface area contributed by atoms with E-state index < -0.39 is 34.6 Å². The second-order valence-corrected chi connectivity index (χ2v) is 11.5. The summed E-state index contributed by atoms with van der Waals surface area (Å²) < 4.78 is 5.87. The van der Waals surface area contributed by atoms with E-state index in [1.807, 2.05) is 36.4 Å². The van der Waals surface area contributed by atoms with Crippen molar-refractivity contribution in [2.75, 3.05) is 0 Å². The Bertz CT molecular complexity index is 1910. The normalized spacial score (nSPS) is 19.4. The van der Waals surface area contributed by atoms with Crippen LogP contribution in [0.5, 0.6) is 17.2 Å². The number of ketones is 3. The molecule has 0 saturated heterocycles. The van der Waals surface area contributed by atoms with E-state index in [1.165, 1.54) is 26.8 Å². The van der Waals surface area contributed by atoms with Crippen LogP contribution in [0.1, 0.15) is 59.7 Å². The molecule has 4 N–H and O–H groups in total. The summed E-state index contributed by atoms with van der Waals surface area (Å²) in [4.78, 5) is 48.2. The molecule has 218 valence electrons. The van der Waals surface area contributed by atoms with Crippen LogP contribution in [-0.4, -0.2) is 37.5 Å². The lowest BCUT2D eigenvalue weighted by Crippen LogP contribution is -2.41. The summed E-state index contributed by atoms with van der Waals surface area (Å²) in [6.45, 7) is 5.88. The predicted octanol–water partition coefficient (Wildman–Crippen LogP) is 5.67. The van der Waals surface area contributed by atoms with Gasteiger partial charge in [-0.2, -0.15) is 0 Å². The van der Waals surface area contributed by atoms with E-state index in [2.05, 4.69) is 10.3 Å². The first kappa shape index (κ1) is 28.2. The lowest BCUT2D eigenvalue weighted by Gasteiger charge is -2.30. The SMILES string of the molecule is CC(=O)c1c(O)c(C)c(O)c2c1OC1=CC(=O)/C(=C(/C)NC(Cc3nc4ccccc4[nH]3)c3ccc(Cl)cc3)C(=O)[C@@]12C. The first-order chi connectivity index (χ1) is 20.4. The lowest BCUT2D eigenvalue weighted by molar-refractivity contribution is -0.123. The maximum absolute atomic E-state index is 14.3. The molecule has 0 spiro atoms. The fourth-order valence-electron chi connectivity index (χ4n) is 5.94. The number of hydrogen-bond donors (Lipinski definition) is 4. The maximum Gasteiger partial charge on any atom is 0.194 e. The van der Waals surface area contributed by atoms with Crippen molar-refractivity contribution >= 4 is 40.0 Å². The zero-order chi connectivity index (χ0) is 30.8. The number of phenols is 2. The van der Waals surface area contributed by atoms with Gasteiger partial charge >= 0.3 is 0 Å². The van der Waals surface area contributed by atoms with Crippen LogP contribution in [-0.2, 0) is 21.4 Å². The van der Waals surface area contributed by atoms with Crippen molar-refractivity contribution in [1.82, 2.24) is 15.3 Å².